The van der Waals surface area contributed by atoms with E-state index in [9.17, 15) is 17.6 Å². The number of nitrogens with one attached hydrogen (secondary N) is 1. The van der Waals surface area contributed by atoms with Crippen LogP contribution in [-0.4, -0.2) is 59.7 Å². The number of rotatable bonds is 3. The molecule has 2 heterocycles. The molecule has 2 aromatic carbocycles. The van der Waals surface area contributed by atoms with Gasteiger partial charge in [-0.15, -0.1) is 0 Å². The molecule has 7 nitrogen and oxygen atoms in total. The Hall–Kier alpha value is -2.78. The number of benzene rings is 2. The summed E-state index contributed by atoms with van der Waals surface area (Å²) in [6, 6.07) is 9.98. The Morgan fingerprint density at radius 3 is 2.44 bits per heavy atom. The largest absolute Gasteiger partial charge is 0.345 e. The van der Waals surface area contributed by atoms with Crippen molar-refractivity contribution >= 4 is 27.0 Å². The van der Waals surface area contributed by atoms with Crippen molar-refractivity contribution < 1.29 is 17.6 Å². The molecule has 1 fully saturated rings. The summed E-state index contributed by atoms with van der Waals surface area (Å²) in [7, 11) is -3.70. The first-order valence-electron chi connectivity index (χ1n) is 8.43. The normalized spacial score (nSPS) is 16.0. The summed E-state index contributed by atoms with van der Waals surface area (Å²) in [5.74, 6) is -0.635. The molecule has 0 radical (unpaired) electrons. The van der Waals surface area contributed by atoms with Crippen LogP contribution in [-0.2, 0) is 10.0 Å². The summed E-state index contributed by atoms with van der Waals surface area (Å²) in [6.07, 6.45) is 1.57. The van der Waals surface area contributed by atoms with Crippen LogP contribution >= 0.6 is 0 Å². The molecule has 1 N–H and O–H groups in total. The van der Waals surface area contributed by atoms with Gasteiger partial charge in [0.2, 0.25) is 10.0 Å². The fraction of sp³-hybridized carbons (Fsp3) is 0.222. The van der Waals surface area contributed by atoms with Crippen LogP contribution in [0.3, 0.4) is 0 Å². The molecule has 1 aliphatic rings. The number of carbonyl (C=O) groups is 1. The number of hydrogen-bond donors (Lipinski definition) is 1. The molecule has 0 unspecified atom stereocenters. The van der Waals surface area contributed by atoms with Crippen molar-refractivity contribution in [3.8, 4) is 0 Å². The van der Waals surface area contributed by atoms with Crippen LogP contribution in [0.15, 0.2) is 53.7 Å². The maximum atomic E-state index is 13.0. The van der Waals surface area contributed by atoms with E-state index < -0.39 is 15.8 Å². The van der Waals surface area contributed by atoms with E-state index in [0.717, 1.165) is 23.2 Å². The Balaban J connectivity index is 1.46. The minimum absolute atomic E-state index is 0.0494. The first-order valence-corrected chi connectivity index (χ1v) is 9.87. The Morgan fingerprint density at radius 2 is 1.74 bits per heavy atom. The third-order valence-corrected chi connectivity index (χ3v) is 6.56. The summed E-state index contributed by atoms with van der Waals surface area (Å²) >= 11 is 0. The molecule has 3 aromatic rings. The SMILES string of the molecule is O=C(c1ccc2nc[nH]c2c1)N1CCN(S(=O)(=O)c2ccc(F)cc2)CC1. The number of aromatic amines is 1. The van der Waals surface area contributed by atoms with Crippen molar-refractivity contribution in [2.45, 2.75) is 4.90 Å². The molecule has 0 saturated carbocycles. The Kier molecular flexibility index (Phi) is 4.40. The van der Waals surface area contributed by atoms with E-state index in [-0.39, 0.29) is 23.9 Å². The van der Waals surface area contributed by atoms with Crippen LogP contribution in [0.1, 0.15) is 10.4 Å². The van der Waals surface area contributed by atoms with Gasteiger partial charge in [-0.3, -0.25) is 4.79 Å². The van der Waals surface area contributed by atoms with Gasteiger partial charge in [-0.25, -0.2) is 17.8 Å². The lowest BCUT2D eigenvalue weighted by molar-refractivity contribution is 0.0698. The summed E-state index contributed by atoms with van der Waals surface area (Å²) in [6.45, 7) is 0.968. The highest BCUT2D eigenvalue weighted by Gasteiger charge is 2.30. The van der Waals surface area contributed by atoms with Gasteiger partial charge in [0, 0.05) is 31.7 Å². The zero-order valence-corrected chi connectivity index (χ0v) is 15.1. The molecule has 27 heavy (non-hydrogen) atoms. The molecule has 1 aliphatic heterocycles. The second-order valence-electron chi connectivity index (χ2n) is 6.28. The lowest BCUT2D eigenvalue weighted by Crippen LogP contribution is -2.50. The molecule has 0 aliphatic carbocycles. The summed E-state index contributed by atoms with van der Waals surface area (Å²) in [5.41, 5.74) is 2.08. The van der Waals surface area contributed by atoms with Gasteiger partial charge in [0.25, 0.3) is 5.91 Å². The van der Waals surface area contributed by atoms with Crippen molar-refractivity contribution in [3.63, 3.8) is 0 Å². The summed E-state index contributed by atoms with van der Waals surface area (Å²) < 4.78 is 39.7. The number of halogens is 1. The second kappa shape index (κ2) is 6.75. The zero-order valence-electron chi connectivity index (χ0n) is 14.3. The quantitative estimate of drug-likeness (QED) is 0.742. The van der Waals surface area contributed by atoms with Crippen molar-refractivity contribution in [2.24, 2.45) is 0 Å². The number of H-pyrrole nitrogens is 1. The van der Waals surface area contributed by atoms with E-state index in [1.165, 1.54) is 16.4 Å². The number of fused-ring (bicyclic) bond motifs is 1. The number of nitrogens with zero attached hydrogens (tertiary/aromatic N) is 3. The van der Waals surface area contributed by atoms with E-state index in [4.69, 9.17) is 0 Å². The smallest absolute Gasteiger partial charge is 0.254 e. The highest BCUT2D eigenvalue weighted by molar-refractivity contribution is 7.89. The fourth-order valence-corrected chi connectivity index (χ4v) is 4.56. The molecule has 9 heteroatoms. The molecule has 1 amide bonds. The number of amides is 1. The minimum Gasteiger partial charge on any atom is -0.345 e. The van der Waals surface area contributed by atoms with Gasteiger partial charge < -0.3 is 9.88 Å². The number of sulfonamides is 1. The maximum absolute atomic E-state index is 13.0. The van der Waals surface area contributed by atoms with Crippen LogP contribution in [0.4, 0.5) is 4.39 Å². The molecule has 140 valence electrons. The number of carbonyl (C=O) groups excluding carboxylic acids is 1. The highest BCUT2D eigenvalue weighted by Crippen LogP contribution is 2.20. The van der Waals surface area contributed by atoms with Gasteiger partial charge in [-0.05, 0) is 42.5 Å². The van der Waals surface area contributed by atoms with Crippen molar-refractivity contribution in [2.75, 3.05) is 26.2 Å². The molecular weight excluding hydrogens is 371 g/mol. The second-order valence-corrected chi connectivity index (χ2v) is 8.22. The predicted octanol–water partition coefficient (Wildman–Crippen LogP) is 1.85. The van der Waals surface area contributed by atoms with Crippen LogP contribution in [0.5, 0.6) is 0 Å². The Bertz CT molecular complexity index is 1090. The number of aromatic nitrogens is 2. The third-order valence-electron chi connectivity index (χ3n) is 4.64. The van der Waals surface area contributed by atoms with E-state index in [0.29, 0.717) is 18.7 Å². The molecular formula is C18H17FN4O3S. The topological polar surface area (TPSA) is 86.4 Å². The average Bonchev–Trinajstić information content (AvgIpc) is 3.15. The Labute approximate surface area is 155 Å². The van der Waals surface area contributed by atoms with Crippen molar-refractivity contribution in [3.05, 3.63) is 60.2 Å². The minimum atomic E-state index is -3.70. The van der Waals surface area contributed by atoms with Crippen molar-refractivity contribution in [1.82, 2.24) is 19.2 Å². The number of piperazine rings is 1. The summed E-state index contributed by atoms with van der Waals surface area (Å²) in [5, 5.41) is 0. The van der Waals surface area contributed by atoms with E-state index >= 15 is 0 Å². The monoisotopic (exact) mass is 388 g/mol. The number of imidazole rings is 1. The van der Waals surface area contributed by atoms with Gasteiger partial charge in [0.1, 0.15) is 5.82 Å². The fourth-order valence-electron chi connectivity index (χ4n) is 3.14. The summed E-state index contributed by atoms with van der Waals surface area (Å²) in [4.78, 5) is 21.5. The van der Waals surface area contributed by atoms with Crippen molar-refractivity contribution in [1.29, 1.82) is 0 Å². The van der Waals surface area contributed by atoms with Gasteiger partial charge >= 0.3 is 0 Å². The van der Waals surface area contributed by atoms with E-state index in [1.54, 1.807) is 29.4 Å². The first kappa shape index (κ1) is 17.6. The van der Waals surface area contributed by atoms with Gasteiger partial charge in [0.05, 0.1) is 22.3 Å². The van der Waals surface area contributed by atoms with Crippen LogP contribution in [0.25, 0.3) is 11.0 Å². The molecule has 1 aromatic heterocycles. The van der Waals surface area contributed by atoms with Gasteiger partial charge in [-0.1, -0.05) is 0 Å². The Morgan fingerprint density at radius 1 is 1.04 bits per heavy atom. The lowest BCUT2D eigenvalue weighted by Gasteiger charge is -2.34. The van der Waals surface area contributed by atoms with Crippen LogP contribution in [0, 0.1) is 5.82 Å². The lowest BCUT2D eigenvalue weighted by atomic mass is 10.1. The average molecular weight is 388 g/mol. The molecule has 1 saturated heterocycles. The number of hydrogen-bond acceptors (Lipinski definition) is 4. The zero-order chi connectivity index (χ0) is 19.0. The molecule has 0 bridgehead atoms. The van der Waals surface area contributed by atoms with E-state index in [2.05, 4.69) is 9.97 Å². The van der Waals surface area contributed by atoms with E-state index in [1.807, 2.05) is 0 Å². The van der Waals surface area contributed by atoms with Crippen LogP contribution < -0.4 is 0 Å². The molecule has 0 spiro atoms. The molecule has 4 rings (SSSR count). The van der Waals surface area contributed by atoms with Gasteiger partial charge in [0.15, 0.2) is 0 Å². The van der Waals surface area contributed by atoms with Gasteiger partial charge in [-0.2, -0.15) is 4.31 Å². The van der Waals surface area contributed by atoms with Crippen LogP contribution in [0.2, 0.25) is 0 Å². The standard InChI is InChI=1S/C18H17FN4O3S/c19-14-2-4-15(5-3-14)27(25,26)23-9-7-22(8-10-23)18(24)13-1-6-16-17(11-13)21-12-20-16/h1-6,11-12H,7-10H2,(H,20,21). The first-order chi connectivity index (χ1) is 12.9. The predicted molar refractivity (Wildman–Crippen MR) is 97.2 cm³/mol. The molecule has 0 atom stereocenters. The maximum Gasteiger partial charge on any atom is 0.254 e. The highest BCUT2D eigenvalue weighted by atomic mass is 32.2. The third kappa shape index (κ3) is 3.31.